The van der Waals surface area contributed by atoms with Gasteiger partial charge in [0.05, 0.1) is 5.69 Å². The molecule has 114 valence electrons. The van der Waals surface area contributed by atoms with E-state index in [1.54, 1.807) is 0 Å². The monoisotopic (exact) mass is 292 g/mol. The molecule has 2 aromatic carbocycles. The Morgan fingerprint density at radius 2 is 1.45 bits per heavy atom. The third-order valence-electron chi connectivity index (χ3n) is 2.86. The van der Waals surface area contributed by atoms with Crippen LogP contribution in [0.15, 0.2) is 59.6 Å². The molecule has 2 aromatic rings. The second-order valence-corrected chi connectivity index (χ2v) is 6.18. The zero-order valence-electron chi connectivity index (χ0n) is 14.1. The average Bonchev–Trinajstić information content (AvgIpc) is 2.50. The van der Waals surface area contributed by atoms with Crippen molar-refractivity contribution >= 4 is 11.4 Å². The minimum atomic E-state index is -0.167. The van der Waals surface area contributed by atoms with Crippen LogP contribution in [0.5, 0.6) is 0 Å². The highest BCUT2D eigenvalue weighted by Gasteiger charge is 2.10. The van der Waals surface area contributed by atoms with Crippen LogP contribution >= 0.6 is 0 Å². The van der Waals surface area contributed by atoms with Gasteiger partial charge in [-0.2, -0.15) is 0 Å². The summed E-state index contributed by atoms with van der Waals surface area (Å²) in [6, 6.07) is 18.5. The number of rotatable bonds is 2. The van der Waals surface area contributed by atoms with Crippen molar-refractivity contribution in [3.63, 3.8) is 0 Å². The molecule has 0 fully saturated rings. The molecule has 0 bridgehead atoms. The Morgan fingerprint density at radius 1 is 0.955 bits per heavy atom. The van der Waals surface area contributed by atoms with Crippen molar-refractivity contribution in [3.8, 4) is 0 Å². The van der Waals surface area contributed by atoms with Crippen LogP contribution in [-0.4, -0.2) is 11.3 Å². The van der Waals surface area contributed by atoms with Gasteiger partial charge in [-0.25, -0.2) is 6.57 Å². The minimum Gasteiger partial charge on any atom is -0.311 e. The summed E-state index contributed by atoms with van der Waals surface area (Å²) in [4.78, 5) is 7.86. The molecular formula is C20H24N2. The third-order valence-corrected chi connectivity index (χ3v) is 2.86. The van der Waals surface area contributed by atoms with Gasteiger partial charge in [-0.05, 0) is 31.5 Å². The molecule has 0 spiro atoms. The third kappa shape index (κ3) is 6.85. The SMILES string of the molecule is CC(=Nc1ccc(C)cc1)c1ccccc1.[C-]#[N+]C(C)(C)C. The smallest absolute Gasteiger partial charge is 0.224 e. The Hall–Kier alpha value is -2.40. The van der Waals surface area contributed by atoms with Crippen molar-refractivity contribution in [3.05, 3.63) is 77.1 Å². The summed E-state index contributed by atoms with van der Waals surface area (Å²) in [5, 5.41) is 0. The highest BCUT2D eigenvalue weighted by Crippen LogP contribution is 2.14. The van der Waals surface area contributed by atoms with Crippen LogP contribution in [0.1, 0.15) is 38.8 Å². The van der Waals surface area contributed by atoms with Crippen LogP contribution < -0.4 is 0 Å². The molecule has 0 aliphatic rings. The molecule has 0 atom stereocenters. The maximum absolute atomic E-state index is 6.48. The van der Waals surface area contributed by atoms with Crippen molar-refractivity contribution in [2.45, 2.75) is 40.2 Å². The Balaban J connectivity index is 0.000000346. The lowest BCUT2D eigenvalue weighted by molar-refractivity contribution is 0.688. The first kappa shape index (κ1) is 17.7. The van der Waals surface area contributed by atoms with E-state index in [2.05, 4.69) is 41.0 Å². The van der Waals surface area contributed by atoms with E-state index in [1.807, 2.05) is 58.0 Å². The molecule has 0 N–H and O–H groups in total. The first-order valence-electron chi connectivity index (χ1n) is 7.38. The van der Waals surface area contributed by atoms with E-state index in [-0.39, 0.29) is 5.54 Å². The van der Waals surface area contributed by atoms with Crippen LogP contribution in [-0.2, 0) is 0 Å². The molecular weight excluding hydrogens is 268 g/mol. The van der Waals surface area contributed by atoms with Gasteiger partial charge in [0, 0.05) is 26.5 Å². The summed E-state index contributed by atoms with van der Waals surface area (Å²) in [6.45, 7) is 16.3. The van der Waals surface area contributed by atoms with Gasteiger partial charge in [-0.1, -0.05) is 48.0 Å². The van der Waals surface area contributed by atoms with E-state index >= 15 is 0 Å². The summed E-state index contributed by atoms with van der Waals surface area (Å²) in [5.41, 5.74) is 4.32. The summed E-state index contributed by atoms with van der Waals surface area (Å²) in [6.07, 6.45) is 0. The second-order valence-electron chi connectivity index (χ2n) is 6.18. The van der Waals surface area contributed by atoms with Gasteiger partial charge in [0.25, 0.3) is 0 Å². The Labute approximate surface area is 134 Å². The van der Waals surface area contributed by atoms with Gasteiger partial charge in [-0.15, -0.1) is 0 Å². The number of hydrogen-bond acceptors (Lipinski definition) is 1. The average molecular weight is 292 g/mol. The standard InChI is InChI=1S/C15H15N.C5H9N/c1-12-8-10-15(11-9-12)16-13(2)14-6-4-3-5-7-14;1-5(2,3)6-4/h3-11H,1-2H3;1-3H3. The summed E-state index contributed by atoms with van der Waals surface area (Å²) in [5.74, 6) is 0. The summed E-state index contributed by atoms with van der Waals surface area (Å²) < 4.78 is 0. The zero-order chi connectivity index (χ0) is 16.6. The Kier molecular flexibility index (Phi) is 6.53. The van der Waals surface area contributed by atoms with Gasteiger partial charge in [0.2, 0.25) is 5.54 Å². The molecule has 0 aliphatic carbocycles. The normalized spacial score (nSPS) is 11.2. The molecule has 2 rings (SSSR count). The van der Waals surface area contributed by atoms with Crippen molar-refractivity contribution in [1.82, 2.24) is 0 Å². The molecule has 0 aliphatic heterocycles. The molecule has 0 amide bonds. The second kappa shape index (κ2) is 8.14. The molecule has 0 unspecified atom stereocenters. The lowest BCUT2D eigenvalue weighted by Crippen LogP contribution is -2.04. The number of nitrogens with zero attached hydrogens (tertiary/aromatic N) is 2. The van der Waals surface area contributed by atoms with Crippen LogP contribution in [0, 0.1) is 13.5 Å². The quantitative estimate of drug-likeness (QED) is 0.488. The van der Waals surface area contributed by atoms with E-state index < -0.39 is 0 Å². The van der Waals surface area contributed by atoms with Crippen molar-refractivity contribution in [2.24, 2.45) is 4.99 Å². The molecule has 0 heterocycles. The fourth-order valence-corrected chi connectivity index (χ4v) is 1.56. The number of aryl methyl sites for hydroxylation is 1. The van der Waals surface area contributed by atoms with Gasteiger partial charge >= 0.3 is 0 Å². The zero-order valence-corrected chi connectivity index (χ0v) is 14.1. The Bertz CT molecular complexity index is 639. The van der Waals surface area contributed by atoms with E-state index in [1.165, 1.54) is 11.1 Å². The van der Waals surface area contributed by atoms with E-state index in [0.29, 0.717) is 0 Å². The molecule has 0 aromatic heterocycles. The summed E-state index contributed by atoms with van der Waals surface area (Å²) >= 11 is 0. The number of aliphatic imine (C=N–C) groups is 1. The lowest BCUT2D eigenvalue weighted by Gasteiger charge is -2.01. The Morgan fingerprint density at radius 3 is 1.91 bits per heavy atom. The van der Waals surface area contributed by atoms with E-state index in [0.717, 1.165) is 11.4 Å². The van der Waals surface area contributed by atoms with E-state index in [9.17, 15) is 0 Å². The first-order valence-corrected chi connectivity index (χ1v) is 7.38. The van der Waals surface area contributed by atoms with Crippen molar-refractivity contribution < 1.29 is 0 Å². The van der Waals surface area contributed by atoms with Gasteiger partial charge < -0.3 is 4.85 Å². The van der Waals surface area contributed by atoms with E-state index in [4.69, 9.17) is 6.57 Å². The van der Waals surface area contributed by atoms with Crippen LogP contribution in [0.4, 0.5) is 5.69 Å². The minimum absolute atomic E-state index is 0.167. The van der Waals surface area contributed by atoms with Crippen LogP contribution in [0.3, 0.4) is 0 Å². The molecule has 0 saturated carbocycles. The predicted octanol–water partition coefficient (Wildman–Crippen LogP) is 5.84. The van der Waals surface area contributed by atoms with Gasteiger partial charge in [0.15, 0.2) is 0 Å². The highest BCUT2D eigenvalue weighted by molar-refractivity contribution is 6.00. The topological polar surface area (TPSA) is 16.7 Å². The summed E-state index contributed by atoms with van der Waals surface area (Å²) in [7, 11) is 0. The molecule has 2 heteroatoms. The lowest BCUT2D eigenvalue weighted by atomic mass is 10.1. The maximum atomic E-state index is 6.48. The fourth-order valence-electron chi connectivity index (χ4n) is 1.56. The van der Waals surface area contributed by atoms with Crippen LogP contribution in [0.25, 0.3) is 4.85 Å². The number of hydrogen-bond donors (Lipinski definition) is 0. The largest absolute Gasteiger partial charge is 0.311 e. The van der Waals surface area contributed by atoms with Crippen molar-refractivity contribution in [1.29, 1.82) is 0 Å². The fraction of sp³-hybridized carbons (Fsp3) is 0.300. The maximum Gasteiger partial charge on any atom is 0.224 e. The molecule has 0 saturated heterocycles. The molecule has 0 radical (unpaired) electrons. The van der Waals surface area contributed by atoms with Gasteiger partial charge in [0.1, 0.15) is 0 Å². The molecule has 22 heavy (non-hydrogen) atoms. The highest BCUT2D eigenvalue weighted by atomic mass is 14.7. The molecule has 2 nitrogen and oxygen atoms in total. The van der Waals surface area contributed by atoms with Crippen molar-refractivity contribution in [2.75, 3.05) is 0 Å². The number of benzene rings is 2. The first-order chi connectivity index (χ1) is 10.3. The predicted molar refractivity (Wildman–Crippen MR) is 95.8 cm³/mol. The van der Waals surface area contributed by atoms with Gasteiger partial charge in [-0.3, -0.25) is 4.99 Å². The van der Waals surface area contributed by atoms with Crippen LogP contribution in [0.2, 0.25) is 0 Å².